The molecule has 0 saturated heterocycles. The Bertz CT molecular complexity index is 252. The highest BCUT2D eigenvalue weighted by atomic mass is 32.2. The van der Waals surface area contributed by atoms with E-state index in [1.807, 2.05) is 0 Å². The Balaban J connectivity index is 2.62. The van der Waals surface area contributed by atoms with Crippen LogP contribution in [0.1, 0.15) is 60.3 Å². The van der Waals surface area contributed by atoms with Crippen LogP contribution in [0, 0.1) is 11.3 Å². The molecule has 0 radical (unpaired) electrons. The van der Waals surface area contributed by atoms with E-state index in [2.05, 4.69) is 51.7 Å². The largest absolute Gasteiger partial charge is 0.396 e. The molecule has 0 aromatic carbocycles. The summed E-state index contributed by atoms with van der Waals surface area (Å²) in [6.07, 6.45) is 4.90. The van der Waals surface area contributed by atoms with Crippen LogP contribution in [0.5, 0.6) is 0 Å². The summed E-state index contributed by atoms with van der Waals surface area (Å²) in [6.45, 7) is 13.0. The maximum atomic E-state index is 9.09. The Hall–Kier alpha value is 0.270. The van der Waals surface area contributed by atoms with Crippen LogP contribution in [0.4, 0.5) is 0 Å². The quantitative estimate of drug-likeness (QED) is 0.781. The van der Waals surface area contributed by atoms with E-state index in [9.17, 15) is 0 Å². The van der Waals surface area contributed by atoms with E-state index in [4.69, 9.17) is 5.11 Å². The third-order valence-electron chi connectivity index (χ3n) is 4.43. The van der Waals surface area contributed by atoms with Crippen molar-refractivity contribution in [2.24, 2.45) is 11.3 Å². The van der Waals surface area contributed by atoms with Crippen molar-refractivity contribution in [3.8, 4) is 0 Å². The van der Waals surface area contributed by atoms with Gasteiger partial charge in [-0.05, 0) is 43.6 Å². The first-order valence-corrected chi connectivity index (χ1v) is 8.82. The van der Waals surface area contributed by atoms with Crippen LogP contribution in [-0.2, 0) is 0 Å². The Morgan fingerprint density at radius 3 is 2.53 bits per heavy atom. The first-order chi connectivity index (χ1) is 8.88. The van der Waals surface area contributed by atoms with E-state index in [1.54, 1.807) is 0 Å². The van der Waals surface area contributed by atoms with Crippen LogP contribution in [0.2, 0.25) is 0 Å². The van der Waals surface area contributed by atoms with Crippen LogP contribution in [-0.4, -0.2) is 34.8 Å². The zero-order valence-electron chi connectivity index (χ0n) is 13.4. The molecule has 114 valence electrons. The molecule has 1 aliphatic rings. The number of rotatable bonds is 6. The molecule has 0 bridgehead atoms. The summed E-state index contributed by atoms with van der Waals surface area (Å²) in [6, 6.07) is 0.662. The summed E-state index contributed by atoms with van der Waals surface area (Å²) in [5.74, 6) is 0.834. The number of hydrogen-bond donors (Lipinski definition) is 2. The van der Waals surface area contributed by atoms with Gasteiger partial charge in [0.15, 0.2) is 0 Å². The number of thioether (sulfide) groups is 1. The minimum atomic E-state index is 0.315. The van der Waals surface area contributed by atoms with Crippen molar-refractivity contribution in [2.75, 3.05) is 13.2 Å². The van der Waals surface area contributed by atoms with Gasteiger partial charge in [0.2, 0.25) is 0 Å². The fourth-order valence-corrected chi connectivity index (χ4v) is 4.71. The van der Waals surface area contributed by atoms with E-state index >= 15 is 0 Å². The normalized spacial score (nSPS) is 30.3. The average Bonchev–Trinajstić information content (AvgIpc) is 2.30. The highest BCUT2D eigenvalue weighted by Crippen LogP contribution is 2.42. The maximum absolute atomic E-state index is 9.09. The van der Waals surface area contributed by atoms with E-state index in [1.165, 1.54) is 19.3 Å². The van der Waals surface area contributed by atoms with Gasteiger partial charge in [0.25, 0.3) is 0 Å². The van der Waals surface area contributed by atoms with Gasteiger partial charge >= 0.3 is 0 Å². The highest BCUT2D eigenvalue weighted by molar-refractivity contribution is 8.00. The molecule has 0 spiro atoms. The predicted octanol–water partition coefficient (Wildman–Crippen LogP) is 3.68. The Morgan fingerprint density at radius 1 is 1.32 bits per heavy atom. The molecule has 1 fully saturated rings. The Morgan fingerprint density at radius 2 is 2.00 bits per heavy atom. The zero-order chi connectivity index (χ0) is 14.5. The highest BCUT2D eigenvalue weighted by Gasteiger charge is 2.36. The topological polar surface area (TPSA) is 32.3 Å². The van der Waals surface area contributed by atoms with Crippen molar-refractivity contribution in [2.45, 2.75) is 76.8 Å². The van der Waals surface area contributed by atoms with Crippen molar-refractivity contribution in [1.29, 1.82) is 0 Å². The molecule has 0 aliphatic heterocycles. The standard InChI is InChI=1S/C16H33NOS/c1-6-17-14-8-7-13(16(3,4)5)11-15(14)19-12(2)9-10-18/h12-15,17-18H,6-11H2,1-5H3. The van der Waals surface area contributed by atoms with Crippen molar-refractivity contribution < 1.29 is 5.11 Å². The first-order valence-electron chi connectivity index (χ1n) is 7.88. The fraction of sp³-hybridized carbons (Fsp3) is 1.00. The molecule has 0 amide bonds. The smallest absolute Gasteiger partial charge is 0.0441 e. The van der Waals surface area contributed by atoms with Crippen molar-refractivity contribution in [3.63, 3.8) is 0 Å². The van der Waals surface area contributed by atoms with Gasteiger partial charge in [0, 0.05) is 23.1 Å². The summed E-state index contributed by atoms with van der Waals surface area (Å²) < 4.78 is 0. The minimum absolute atomic E-state index is 0.315. The van der Waals surface area contributed by atoms with Crippen LogP contribution in [0.3, 0.4) is 0 Å². The lowest BCUT2D eigenvalue weighted by Gasteiger charge is -2.42. The Labute approximate surface area is 124 Å². The van der Waals surface area contributed by atoms with Crippen LogP contribution in [0.15, 0.2) is 0 Å². The van der Waals surface area contributed by atoms with Gasteiger partial charge in [0.1, 0.15) is 0 Å². The molecule has 1 rings (SSSR count). The molecule has 2 nitrogen and oxygen atoms in total. The molecule has 0 heterocycles. The molecule has 0 aromatic rings. The molecule has 1 aliphatic carbocycles. The van der Waals surface area contributed by atoms with E-state index in [-0.39, 0.29) is 0 Å². The predicted molar refractivity (Wildman–Crippen MR) is 86.8 cm³/mol. The molecular formula is C16H33NOS. The average molecular weight is 288 g/mol. The molecule has 3 heteroatoms. The van der Waals surface area contributed by atoms with Gasteiger partial charge in [0.05, 0.1) is 0 Å². The fourth-order valence-electron chi connectivity index (χ4n) is 3.11. The van der Waals surface area contributed by atoms with Gasteiger partial charge < -0.3 is 10.4 Å². The van der Waals surface area contributed by atoms with E-state index in [0.29, 0.717) is 28.6 Å². The van der Waals surface area contributed by atoms with Crippen LogP contribution >= 0.6 is 11.8 Å². The lowest BCUT2D eigenvalue weighted by molar-refractivity contribution is 0.165. The van der Waals surface area contributed by atoms with Crippen LogP contribution in [0.25, 0.3) is 0 Å². The molecule has 4 unspecified atom stereocenters. The maximum Gasteiger partial charge on any atom is 0.0441 e. The number of aliphatic hydroxyl groups is 1. The third-order valence-corrected chi connectivity index (χ3v) is 6.00. The summed E-state index contributed by atoms with van der Waals surface area (Å²) in [5.41, 5.74) is 0.427. The number of hydrogen-bond acceptors (Lipinski definition) is 3. The monoisotopic (exact) mass is 287 g/mol. The molecule has 19 heavy (non-hydrogen) atoms. The second-order valence-corrected chi connectivity index (χ2v) is 8.72. The molecule has 2 N–H and O–H groups in total. The van der Waals surface area contributed by atoms with Gasteiger partial charge in [-0.25, -0.2) is 0 Å². The van der Waals surface area contributed by atoms with Gasteiger partial charge in [-0.1, -0.05) is 34.6 Å². The zero-order valence-corrected chi connectivity index (χ0v) is 14.2. The van der Waals surface area contributed by atoms with E-state index < -0.39 is 0 Å². The van der Waals surface area contributed by atoms with Crippen molar-refractivity contribution in [1.82, 2.24) is 5.32 Å². The lowest BCUT2D eigenvalue weighted by Crippen LogP contribution is -2.45. The second kappa shape index (κ2) is 7.90. The van der Waals surface area contributed by atoms with Crippen molar-refractivity contribution in [3.05, 3.63) is 0 Å². The van der Waals surface area contributed by atoms with Crippen LogP contribution < -0.4 is 5.32 Å². The lowest BCUT2D eigenvalue weighted by atomic mass is 9.71. The Kier molecular flexibility index (Phi) is 7.20. The first kappa shape index (κ1) is 17.3. The minimum Gasteiger partial charge on any atom is -0.396 e. The van der Waals surface area contributed by atoms with Gasteiger partial charge in [-0.15, -0.1) is 0 Å². The summed E-state index contributed by atoms with van der Waals surface area (Å²) in [5, 5.41) is 14.0. The summed E-state index contributed by atoms with van der Waals surface area (Å²) >= 11 is 2.09. The SMILES string of the molecule is CCNC1CCC(C(C)(C)C)CC1SC(C)CCO. The number of aliphatic hydroxyl groups excluding tert-OH is 1. The van der Waals surface area contributed by atoms with Crippen molar-refractivity contribution >= 4 is 11.8 Å². The second-order valence-electron chi connectivity index (χ2n) is 7.04. The molecule has 1 saturated carbocycles. The van der Waals surface area contributed by atoms with E-state index in [0.717, 1.165) is 18.9 Å². The molecular weight excluding hydrogens is 254 g/mol. The summed E-state index contributed by atoms with van der Waals surface area (Å²) in [7, 11) is 0. The van der Waals surface area contributed by atoms with Gasteiger partial charge in [-0.3, -0.25) is 0 Å². The molecule has 4 atom stereocenters. The third kappa shape index (κ3) is 5.65. The number of nitrogens with one attached hydrogen (secondary N) is 1. The molecule has 0 aromatic heterocycles. The summed E-state index contributed by atoms with van der Waals surface area (Å²) in [4.78, 5) is 0. The van der Waals surface area contributed by atoms with Gasteiger partial charge in [-0.2, -0.15) is 11.8 Å².